The second-order valence-corrected chi connectivity index (χ2v) is 5.78. The summed E-state index contributed by atoms with van der Waals surface area (Å²) in [4.78, 5) is 16.7. The second-order valence-electron chi connectivity index (χ2n) is 5.78. The molecule has 0 aromatic carbocycles. The summed E-state index contributed by atoms with van der Waals surface area (Å²) in [5, 5.41) is 11.9. The Labute approximate surface area is 121 Å². The molecule has 0 aromatic heterocycles. The summed E-state index contributed by atoms with van der Waals surface area (Å²) in [5.74, 6) is -0.103. The van der Waals surface area contributed by atoms with Crippen molar-refractivity contribution in [3.63, 3.8) is 0 Å². The summed E-state index contributed by atoms with van der Waals surface area (Å²) in [5.41, 5.74) is 4.77. The molecule has 2 unspecified atom stereocenters. The molecule has 0 spiro atoms. The highest BCUT2D eigenvalue weighted by molar-refractivity contribution is 6.06. The number of nitrogens with zero attached hydrogens (tertiary/aromatic N) is 3. The highest BCUT2D eigenvalue weighted by Crippen LogP contribution is 2.25. The molecule has 1 fully saturated rings. The van der Waals surface area contributed by atoms with Gasteiger partial charge in [-0.05, 0) is 39.3 Å². The lowest BCUT2D eigenvalue weighted by atomic mass is 9.84. The van der Waals surface area contributed by atoms with Crippen LogP contribution >= 0.6 is 0 Å². The highest BCUT2D eigenvalue weighted by Gasteiger charge is 2.39. The number of amides is 1. The molecule has 1 saturated heterocycles. The smallest absolute Gasteiger partial charge is 0.236 e. The van der Waals surface area contributed by atoms with Gasteiger partial charge in [-0.2, -0.15) is 0 Å². The number of rotatable bonds is 6. The largest absolute Gasteiger partial charge is 0.409 e. The van der Waals surface area contributed by atoms with Crippen LogP contribution in [0.3, 0.4) is 0 Å². The normalized spacial score (nSPS) is 23.6. The Bertz CT molecular complexity index is 372. The molecule has 0 aliphatic carbocycles. The van der Waals surface area contributed by atoms with Crippen LogP contribution in [0, 0.1) is 5.41 Å². The van der Waals surface area contributed by atoms with Gasteiger partial charge >= 0.3 is 0 Å². The van der Waals surface area contributed by atoms with Gasteiger partial charge < -0.3 is 15.8 Å². The van der Waals surface area contributed by atoms with E-state index >= 15 is 0 Å². The van der Waals surface area contributed by atoms with E-state index in [9.17, 15) is 4.79 Å². The minimum absolute atomic E-state index is 0.0179. The number of oxime groups is 1. The van der Waals surface area contributed by atoms with Crippen molar-refractivity contribution >= 4 is 11.7 Å². The fraction of sp³-hybridized carbons (Fsp3) is 0.857. The Morgan fingerprint density at radius 3 is 2.70 bits per heavy atom. The van der Waals surface area contributed by atoms with Crippen molar-refractivity contribution < 1.29 is 10.0 Å². The Hall–Kier alpha value is -1.30. The van der Waals surface area contributed by atoms with Gasteiger partial charge in [0.05, 0.1) is 0 Å². The molecule has 116 valence electrons. The van der Waals surface area contributed by atoms with Crippen molar-refractivity contribution in [3.05, 3.63) is 0 Å². The molecule has 0 bridgehead atoms. The van der Waals surface area contributed by atoms with Gasteiger partial charge in [-0.15, -0.1) is 0 Å². The molecule has 0 radical (unpaired) electrons. The zero-order valence-electron chi connectivity index (χ0n) is 13.1. The van der Waals surface area contributed by atoms with Crippen LogP contribution in [0.4, 0.5) is 0 Å². The molecule has 1 aliphatic rings. The molecular weight excluding hydrogens is 256 g/mol. The molecule has 1 rings (SSSR count). The maximum atomic E-state index is 12.6. The molecule has 20 heavy (non-hydrogen) atoms. The molecule has 3 N–H and O–H groups in total. The summed E-state index contributed by atoms with van der Waals surface area (Å²) >= 11 is 0. The van der Waals surface area contributed by atoms with Crippen molar-refractivity contribution in [2.45, 2.75) is 46.1 Å². The molecule has 1 aliphatic heterocycles. The van der Waals surface area contributed by atoms with E-state index in [4.69, 9.17) is 10.9 Å². The molecule has 6 heteroatoms. The van der Waals surface area contributed by atoms with E-state index in [1.165, 1.54) is 6.42 Å². The third-order valence-corrected chi connectivity index (χ3v) is 4.59. The number of carbonyl (C=O) groups is 1. The lowest BCUT2D eigenvalue weighted by Gasteiger charge is -2.33. The first-order valence-corrected chi connectivity index (χ1v) is 7.38. The maximum Gasteiger partial charge on any atom is 0.236 e. The van der Waals surface area contributed by atoms with Crippen LogP contribution in [0.2, 0.25) is 0 Å². The first kappa shape index (κ1) is 16.8. The molecule has 6 nitrogen and oxygen atoms in total. The zero-order chi connectivity index (χ0) is 15.3. The molecular formula is C14H28N4O2. The van der Waals surface area contributed by atoms with E-state index in [2.05, 4.69) is 17.0 Å². The van der Waals surface area contributed by atoms with Crippen molar-refractivity contribution in [2.24, 2.45) is 16.3 Å². The first-order chi connectivity index (χ1) is 9.40. The third-order valence-electron chi connectivity index (χ3n) is 4.59. The molecule has 0 aromatic rings. The number of amidine groups is 1. The number of nitrogens with two attached hydrogens (primary N) is 1. The van der Waals surface area contributed by atoms with E-state index in [0.29, 0.717) is 19.0 Å². The van der Waals surface area contributed by atoms with Gasteiger partial charge in [0.15, 0.2) is 5.84 Å². The van der Waals surface area contributed by atoms with Gasteiger partial charge in [0.1, 0.15) is 5.41 Å². The van der Waals surface area contributed by atoms with Gasteiger partial charge in [0, 0.05) is 19.6 Å². The van der Waals surface area contributed by atoms with Crippen molar-refractivity contribution in [2.75, 3.05) is 26.7 Å². The van der Waals surface area contributed by atoms with Crippen LogP contribution in [0.1, 0.15) is 40.0 Å². The molecule has 0 saturated carbocycles. The average molecular weight is 284 g/mol. The van der Waals surface area contributed by atoms with Gasteiger partial charge in [0.25, 0.3) is 0 Å². The van der Waals surface area contributed by atoms with Crippen LogP contribution in [-0.2, 0) is 4.79 Å². The number of likely N-dealkylation sites (N-methyl/N-ethyl adjacent to an activating group) is 2. The van der Waals surface area contributed by atoms with Gasteiger partial charge in [-0.25, -0.2) is 0 Å². The van der Waals surface area contributed by atoms with E-state index in [1.54, 1.807) is 18.9 Å². The van der Waals surface area contributed by atoms with Gasteiger partial charge in [0.2, 0.25) is 5.91 Å². The first-order valence-electron chi connectivity index (χ1n) is 7.38. The van der Waals surface area contributed by atoms with Crippen molar-refractivity contribution in [1.29, 1.82) is 0 Å². The summed E-state index contributed by atoms with van der Waals surface area (Å²) in [6, 6.07) is 0.419. The summed E-state index contributed by atoms with van der Waals surface area (Å²) in [6.45, 7) is 8.56. The van der Waals surface area contributed by atoms with E-state index in [1.807, 2.05) is 6.92 Å². The van der Waals surface area contributed by atoms with Gasteiger partial charge in [-0.1, -0.05) is 19.0 Å². The number of likely N-dealkylation sites (tertiary alicyclic amines) is 1. The number of hydrogen-bond acceptors (Lipinski definition) is 4. The van der Waals surface area contributed by atoms with Crippen LogP contribution in [0.5, 0.6) is 0 Å². The average Bonchev–Trinajstić information content (AvgIpc) is 2.91. The van der Waals surface area contributed by atoms with E-state index in [0.717, 1.165) is 19.5 Å². The number of carbonyl (C=O) groups excluding carboxylic acids is 1. The van der Waals surface area contributed by atoms with Crippen molar-refractivity contribution in [1.82, 2.24) is 9.80 Å². The quantitative estimate of drug-likeness (QED) is 0.331. The monoisotopic (exact) mass is 284 g/mol. The lowest BCUT2D eigenvalue weighted by Crippen LogP contribution is -2.51. The highest BCUT2D eigenvalue weighted by atomic mass is 16.4. The molecule has 1 heterocycles. The standard InChI is InChI=1S/C14H28N4O2/c1-5-14(3,12(15)16-20)13(19)17(4)10-11-8-7-9-18(11)6-2/h11,20H,5-10H2,1-4H3,(H2,15,16). The predicted octanol–water partition coefficient (Wildman–Crippen LogP) is 1.09. The Morgan fingerprint density at radius 1 is 1.55 bits per heavy atom. The van der Waals surface area contributed by atoms with Crippen LogP contribution in [0.15, 0.2) is 5.16 Å². The van der Waals surface area contributed by atoms with Crippen LogP contribution in [0.25, 0.3) is 0 Å². The molecule has 2 atom stereocenters. The minimum atomic E-state index is -0.931. The third kappa shape index (κ3) is 3.23. The predicted molar refractivity (Wildman–Crippen MR) is 79.7 cm³/mol. The SMILES string of the molecule is CCN1CCCC1CN(C)C(=O)C(C)(CC)C(N)=NO. The Morgan fingerprint density at radius 2 is 2.20 bits per heavy atom. The number of hydrogen-bond donors (Lipinski definition) is 2. The van der Waals surface area contributed by atoms with E-state index < -0.39 is 5.41 Å². The van der Waals surface area contributed by atoms with Crippen molar-refractivity contribution in [3.8, 4) is 0 Å². The van der Waals surface area contributed by atoms with Crippen LogP contribution in [-0.4, -0.2) is 59.5 Å². The summed E-state index contributed by atoms with van der Waals surface area (Å²) in [7, 11) is 1.80. The Balaban J connectivity index is 2.75. The second kappa shape index (κ2) is 6.92. The summed E-state index contributed by atoms with van der Waals surface area (Å²) < 4.78 is 0. The topological polar surface area (TPSA) is 82.2 Å². The fourth-order valence-corrected chi connectivity index (χ4v) is 2.89. The minimum Gasteiger partial charge on any atom is -0.409 e. The fourth-order valence-electron chi connectivity index (χ4n) is 2.89. The zero-order valence-corrected chi connectivity index (χ0v) is 13.1. The van der Waals surface area contributed by atoms with Gasteiger partial charge in [-0.3, -0.25) is 9.69 Å². The summed E-state index contributed by atoms with van der Waals surface area (Å²) in [6.07, 6.45) is 2.82. The van der Waals surface area contributed by atoms with Crippen LogP contribution < -0.4 is 5.73 Å². The lowest BCUT2D eigenvalue weighted by molar-refractivity contribution is -0.137. The molecule has 1 amide bonds. The maximum absolute atomic E-state index is 12.6. The van der Waals surface area contributed by atoms with E-state index in [-0.39, 0.29) is 11.7 Å². The Kier molecular flexibility index (Phi) is 5.80.